The van der Waals surface area contributed by atoms with Crippen LogP contribution in [-0.4, -0.2) is 77.2 Å². The molecule has 1 saturated heterocycles. The second kappa shape index (κ2) is 11.9. The van der Waals surface area contributed by atoms with Crippen LogP contribution in [0.15, 0.2) is 24.4 Å². The van der Waals surface area contributed by atoms with Crippen molar-refractivity contribution >= 4 is 24.0 Å². The number of cyclic esters (lactones) is 2. The van der Waals surface area contributed by atoms with Gasteiger partial charge in [-0.15, -0.1) is 0 Å². The molecule has 0 saturated carbocycles. The van der Waals surface area contributed by atoms with E-state index in [1.807, 2.05) is 6.20 Å². The minimum Gasteiger partial charge on any atom is -0.493 e. The van der Waals surface area contributed by atoms with Crippen LogP contribution in [0.3, 0.4) is 0 Å². The molecule has 1 amide bonds. The number of amides is 1. The summed E-state index contributed by atoms with van der Waals surface area (Å²) in [6.45, 7) is 1.66. The molecule has 0 bridgehead atoms. The van der Waals surface area contributed by atoms with E-state index < -0.39 is 55.3 Å². The first kappa shape index (κ1) is 28.6. The van der Waals surface area contributed by atoms with E-state index in [0.717, 1.165) is 31.2 Å². The lowest BCUT2D eigenvalue weighted by Gasteiger charge is -2.25. The summed E-state index contributed by atoms with van der Waals surface area (Å²) in [6, 6.07) is 5.06. The van der Waals surface area contributed by atoms with Crippen LogP contribution in [0.25, 0.3) is 0 Å². The molecule has 2 aromatic rings. The lowest BCUT2D eigenvalue weighted by Crippen LogP contribution is -2.41. The van der Waals surface area contributed by atoms with Gasteiger partial charge in [0.25, 0.3) is 0 Å². The van der Waals surface area contributed by atoms with E-state index in [9.17, 15) is 27.6 Å². The zero-order valence-corrected chi connectivity index (χ0v) is 22.4. The van der Waals surface area contributed by atoms with Gasteiger partial charge < -0.3 is 33.7 Å². The molecule has 41 heavy (non-hydrogen) atoms. The summed E-state index contributed by atoms with van der Waals surface area (Å²) >= 11 is 0. The molecule has 3 unspecified atom stereocenters. The highest BCUT2D eigenvalue weighted by Gasteiger charge is 2.39. The van der Waals surface area contributed by atoms with Crippen LogP contribution in [0, 0.1) is 5.92 Å². The molecule has 1 aromatic carbocycles. The van der Waals surface area contributed by atoms with Crippen molar-refractivity contribution in [1.29, 1.82) is 0 Å². The van der Waals surface area contributed by atoms with Gasteiger partial charge in [-0.25, -0.2) is 9.78 Å². The number of ether oxygens (including phenoxy) is 4. The first-order valence-electron chi connectivity index (χ1n) is 13.5. The van der Waals surface area contributed by atoms with Crippen LogP contribution in [0.5, 0.6) is 5.75 Å². The fraction of sp³-hybridized carbons (Fsp3) is 0.556. The zero-order valence-electron chi connectivity index (χ0n) is 22.4. The zero-order chi connectivity index (χ0) is 29.1. The average Bonchev–Trinajstić information content (AvgIpc) is 3.44. The van der Waals surface area contributed by atoms with Crippen molar-refractivity contribution in [1.82, 2.24) is 14.5 Å². The van der Waals surface area contributed by atoms with Gasteiger partial charge in [-0.3, -0.25) is 9.59 Å². The maximum absolute atomic E-state index is 13.4. The van der Waals surface area contributed by atoms with E-state index in [4.69, 9.17) is 18.9 Å². The fourth-order valence-electron chi connectivity index (χ4n) is 5.15. The number of hydrogen-bond acceptors (Lipinski definition) is 9. The third-order valence-corrected chi connectivity index (χ3v) is 7.22. The van der Waals surface area contributed by atoms with Crippen LogP contribution >= 0.6 is 0 Å². The molecule has 4 heterocycles. The molecule has 5 rings (SSSR count). The Bertz CT molecular complexity index is 1270. The van der Waals surface area contributed by atoms with Gasteiger partial charge in [-0.05, 0) is 43.0 Å². The van der Waals surface area contributed by atoms with Crippen molar-refractivity contribution in [3.05, 3.63) is 41.2 Å². The first-order chi connectivity index (χ1) is 19.5. The van der Waals surface area contributed by atoms with Crippen molar-refractivity contribution < 1.29 is 46.5 Å². The molecule has 3 aliphatic rings. The Morgan fingerprint density at radius 2 is 2.05 bits per heavy atom. The van der Waals surface area contributed by atoms with Crippen molar-refractivity contribution in [2.45, 2.75) is 64.1 Å². The Labute approximate surface area is 233 Å². The summed E-state index contributed by atoms with van der Waals surface area (Å²) < 4.78 is 63.0. The Hall–Kier alpha value is -3.97. The molecular formula is C27H31F3N4O7. The standard InChI is InChI=1S/C27H31F3N4O7/c1-16-22(41-26(37)40-16)14-39-23(35)11-18-9-17-3-4-21(10-19(17)12-34(24(18)36)15-27(28,29)30)38-8-5-20-13-33-7-2-6-31-25(33)32-20/h3-4,10,13,16,18,22H,2,5-9,11-12,14-15H2,1H3,(H,31,32). The van der Waals surface area contributed by atoms with Crippen molar-refractivity contribution in [2.75, 3.05) is 31.6 Å². The molecule has 3 atom stereocenters. The highest BCUT2D eigenvalue weighted by molar-refractivity contribution is 5.84. The number of rotatable bonds is 9. The maximum atomic E-state index is 13.4. The van der Waals surface area contributed by atoms with Crippen molar-refractivity contribution in [3.63, 3.8) is 0 Å². The summed E-state index contributed by atoms with van der Waals surface area (Å²) in [5.74, 6) is -1.34. The number of halogens is 3. The second-order valence-electron chi connectivity index (χ2n) is 10.4. The molecule has 3 aliphatic heterocycles. The second-order valence-corrected chi connectivity index (χ2v) is 10.4. The summed E-state index contributed by atoms with van der Waals surface area (Å²) in [5.41, 5.74) is 2.03. The Balaban J connectivity index is 1.24. The number of nitrogens with one attached hydrogen (secondary N) is 1. The number of esters is 1. The number of carbonyl (C=O) groups excluding carboxylic acids is 3. The normalized spacial score (nSPS) is 22.1. The van der Waals surface area contributed by atoms with Gasteiger partial charge in [0.05, 0.1) is 24.6 Å². The minimum atomic E-state index is -4.62. The SMILES string of the molecule is CC1OC(=O)OC1COC(=O)CC1Cc2ccc(OCCc3cn4c(n3)NCCC4)cc2CN(CC(F)(F)F)C1=O. The van der Waals surface area contributed by atoms with Crippen molar-refractivity contribution in [2.24, 2.45) is 5.92 Å². The van der Waals surface area contributed by atoms with Gasteiger partial charge in [0, 0.05) is 32.3 Å². The number of carbonyl (C=O) groups is 3. The smallest absolute Gasteiger partial charge is 0.493 e. The predicted octanol–water partition coefficient (Wildman–Crippen LogP) is 3.24. The number of imidazole rings is 1. The Morgan fingerprint density at radius 3 is 2.78 bits per heavy atom. The lowest BCUT2D eigenvalue weighted by atomic mass is 9.94. The van der Waals surface area contributed by atoms with Gasteiger partial charge in [0.2, 0.25) is 11.9 Å². The third-order valence-electron chi connectivity index (χ3n) is 7.22. The fourth-order valence-corrected chi connectivity index (χ4v) is 5.15. The molecule has 222 valence electrons. The van der Waals surface area contributed by atoms with Gasteiger partial charge in [0.15, 0.2) is 6.10 Å². The quantitative estimate of drug-likeness (QED) is 0.446. The largest absolute Gasteiger partial charge is 0.509 e. The van der Waals surface area contributed by atoms with Gasteiger partial charge in [-0.2, -0.15) is 13.2 Å². The third kappa shape index (κ3) is 7.22. The highest BCUT2D eigenvalue weighted by atomic mass is 19.4. The summed E-state index contributed by atoms with van der Waals surface area (Å²) in [5, 5.41) is 3.24. The average molecular weight is 581 g/mol. The highest BCUT2D eigenvalue weighted by Crippen LogP contribution is 2.30. The van der Waals surface area contributed by atoms with E-state index >= 15 is 0 Å². The number of nitrogens with zero attached hydrogens (tertiary/aromatic N) is 3. The molecule has 1 aromatic heterocycles. The molecule has 1 fully saturated rings. The monoisotopic (exact) mass is 580 g/mol. The van der Waals surface area contributed by atoms with Crippen LogP contribution in [0.4, 0.5) is 23.9 Å². The summed E-state index contributed by atoms with van der Waals surface area (Å²) in [4.78, 5) is 42.2. The van der Waals surface area contributed by atoms with Crippen LogP contribution < -0.4 is 10.1 Å². The Kier molecular flexibility index (Phi) is 8.27. The van der Waals surface area contributed by atoms with E-state index in [2.05, 4.69) is 14.9 Å². The van der Waals surface area contributed by atoms with Crippen LogP contribution in [0.2, 0.25) is 0 Å². The number of hydrogen-bond donors (Lipinski definition) is 1. The van der Waals surface area contributed by atoms with Crippen LogP contribution in [-0.2, 0) is 49.7 Å². The molecule has 14 heteroatoms. The summed E-state index contributed by atoms with van der Waals surface area (Å²) in [6.07, 6.45) is -3.74. The number of aromatic nitrogens is 2. The summed E-state index contributed by atoms with van der Waals surface area (Å²) in [7, 11) is 0. The number of alkyl halides is 3. The number of fused-ring (bicyclic) bond motifs is 2. The predicted molar refractivity (Wildman–Crippen MR) is 136 cm³/mol. The van der Waals surface area contributed by atoms with E-state index in [1.54, 1.807) is 25.1 Å². The van der Waals surface area contributed by atoms with Crippen LogP contribution in [0.1, 0.15) is 36.6 Å². The maximum Gasteiger partial charge on any atom is 0.509 e. The molecule has 0 radical (unpaired) electrons. The number of aryl methyl sites for hydroxylation is 1. The number of anilines is 1. The molecule has 11 nitrogen and oxygen atoms in total. The van der Waals surface area contributed by atoms with E-state index in [-0.39, 0.29) is 19.6 Å². The molecular weight excluding hydrogens is 549 g/mol. The minimum absolute atomic E-state index is 0.0586. The Morgan fingerprint density at radius 1 is 1.22 bits per heavy atom. The first-order valence-corrected chi connectivity index (χ1v) is 13.5. The van der Waals surface area contributed by atoms with E-state index in [1.165, 1.54) is 0 Å². The molecule has 0 aliphatic carbocycles. The topological polar surface area (TPSA) is 121 Å². The van der Waals surface area contributed by atoms with Crippen molar-refractivity contribution in [3.8, 4) is 5.75 Å². The van der Waals surface area contributed by atoms with Gasteiger partial charge in [-0.1, -0.05) is 6.07 Å². The van der Waals surface area contributed by atoms with Gasteiger partial charge in [0.1, 0.15) is 25.0 Å². The lowest BCUT2D eigenvalue weighted by molar-refractivity contribution is -0.166. The molecule has 0 spiro atoms. The number of benzene rings is 1. The van der Waals surface area contributed by atoms with E-state index in [0.29, 0.717) is 34.8 Å². The molecule has 1 N–H and O–H groups in total. The van der Waals surface area contributed by atoms with Gasteiger partial charge >= 0.3 is 18.3 Å².